The van der Waals surface area contributed by atoms with Crippen LogP contribution in [0.1, 0.15) is 33.6 Å². The van der Waals surface area contributed by atoms with Crippen molar-refractivity contribution in [1.29, 1.82) is 0 Å². The first-order valence-corrected chi connectivity index (χ1v) is 11.0. The molecule has 1 aromatic carbocycles. The monoisotopic (exact) mass is 447 g/mol. The van der Waals surface area contributed by atoms with E-state index in [-0.39, 0.29) is 24.5 Å². The van der Waals surface area contributed by atoms with Gasteiger partial charge in [-0.05, 0) is 56.0 Å². The summed E-state index contributed by atoms with van der Waals surface area (Å²) in [6.45, 7) is 5.30. The molecule has 9 nitrogen and oxygen atoms in total. The average Bonchev–Trinajstić information content (AvgIpc) is 3.21. The summed E-state index contributed by atoms with van der Waals surface area (Å²) in [6, 6.07) is 6.86. The number of benzene rings is 1. The van der Waals surface area contributed by atoms with Crippen LogP contribution in [0.15, 0.2) is 24.3 Å². The number of rotatable bonds is 3. The maximum absolute atomic E-state index is 13.0. The highest BCUT2D eigenvalue weighted by Crippen LogP contribution is 2.39. The van der Waals surface area contributed by atoms with Gasteiger partial charge in [-0.1, -0.05) is 0 Å². The zero-order chi connectivity index (χ0) is 23.3. The number of amides is 1. The molecule has 32 heavy (non-hydrogen) atoms. The van der Waals surface area contributed by atoms with Gasteiger partial charge in [-0.2, -0.15) is 0 Å². The fourth-order valence-electron chi connectivity index (χ4n) is 5.17. The minimum Gasteiger partial charge on any atom is -0.483 e. The van der Waals surface area contributed by atoms with E-state index in [4.69, 9.17) is 14.6 Å². The molecule has 0 spiro atoms. The molecule has 0 bridgehead atoms. The lowest BCUT2D eigenvalue weighted by molar-refractivity contribution is -0.122. The molecule has 4 atom stereocenters. The normalized spacial score (nSPS) is 28.3. The average molecular weight is 448 g/mol. The first-order valence-electron chi connectivity index (χ1n) is 11.0. The molecule has 3 fully saturated rings. The van der Waals surface area contributed by atoms with Gasteiger partial charge in [0.2, 0.25) is 0 Å². The standard InChI is InChI=1S/C22H31N3O4.CH2O2/c1-23-7-9-24(10-8-23)19-11-17-13-25(14-18(17)12-20(19)26)21(27)15-3-5-16(6-4-15)22(28)29-2;2-1-3/h3-6,17-20,26H,7-14H2,1-2H3;1H,(H,2,3)/t17-,18+,19-,20-;/m1./s1. The van der Waals surface area contributed by atoms with Gasteiger partial charge in [0.1, 0.15) is 0 Å². The molecule has 1 aromatic rings. The Morgan fingerprint density at radius 3 is 2.09 bits per heavy atom. The van der Waals surface area contributed by atoms with Crippen LogP contribution in [-0.4, -0.2) is 109 Å². The number of ether oxygens (including phenoxy) is 1. The van der Waals surface area contributed by atoms with Gasteiger partial charge in [-0.15, -0.1) is 0 Å². The number of nitrogens with zero attached hydrogens (tertiary/aromatic N) is 3. The maximum Gasteiger partial charge on any atom is 0.337 e. The first kappa shape index (κ1) is 24.2. The highest BCUT2D eigenvalue weighted by Gasteiger charge is 2.44. The fraction of sp³-hybridized carbons (Fsp3) is 0.609. The largest absolute Gasteiger partial charge is 0.483 e. The van der Waals surface area contributed by atoms with E-state index in [0.29, 0.717) is 29.5 Å². The van der Waals surface area contributed by atoms with E-state index in [1.165, 1.54) is 7.11 Å². The van der Waals surface area contributed by atoms with Gasteiger partial charge in [0.25, 0.3) is 12.4 Å². The number of hydrogen-bond donors (Lipinski definition) is 2. The first-order chi connectivity index (χ1) is 15.4. The Bertz CT molecular complexity index is 793. The summed E-state index contributed by atoms with van der Waals surface area (Å²) in [5.41, 5.74) is 1.03. The van der Waals surface area contributed by atoms with Crippen molar-refractivity contribution in [2.45, 2.75) is 25.0 Å². The second kappa shape index (κ2) is 10.9. The molecule has 2 aliphatic heterocycles. The summed E-state index contributed by atoms with van der Waals surface area (Å²) in [6.07, 6.45) is 1.42. The summed E-state index contributed by atoms with van der Waals surface area (Å²) in [7, 11) is 3.49. The summed E-state index contributed by atoms with van der Waals surface area (Å²) in [5, 5.41) is 17.7. The number of likely N-dealkylation sites (tertiary alicyclic amines) is 1. The molecule has 9 heteroatoms. The molecule has 1 amide bonds. The van der Waals surface area contributed by atoms with E-state index in [9.17, 15) is 14.7 Å². The van der Waals surface area contributed by atoms with Crippen molar-refractivity contribution in [3.63, 3.8) is 0 Å². The van der Waals surface area contributed by atoms with E-state index in [1.54, 1.807) is 24.3 Å². The van der Waals surface area contributed by atoms with Crippen LogP contribution in [0.3, 0.4) is 0 Å². The van der Waals surface area contributed by atoms with Gasteiger partial charge in [0.15, 0.2) is 0 Å². The summed E-state index contributed by atoms with van der Waals surface area (Å²) >= 11 is 0. The Morgan fingerprint density at radius 2 is 1.53 bits per heavy atom. The van der Waals surface area contributed by atoms with Crippen LogP contribution >= 0.6 is 0 Å². The van der Waals surface area contributed by atoms with E-state index >= 15 is 0 Å². The second-order valence-electron chi connectivity index (χ2n) is 8.85. The molecule has 4 rings (SSSR count). The van der Waals surface area contributed by atoms with Gasteiger partial charge >= 0.3 is 5.97 Å². The topological polar surface area (TPSA) is 111 Å². The molecule has 2 heterocycles. The van der Waals surface area contributed by atoms with Crippen molar-refractivity contribution in [2.24, 2.45) is 11.8 Å². The summed E-state index contributed by atoms with van der Waals surface area (Å²) in [4.78, 5) is 39.6. The number of aliphatic hydroxyl groups is 1. The van der Waals surface area contributed by atoms with Crippen molar-refractivity contribution in [2.75, 3.05) is 53.4 Å². The Morgan fingerprint density at radius 1 is 1.00 bits per heavy atom. The fourth-order valence-corrected chi connectivity index (χ4v) is 5.17. The highest BCUT2D eigenvalue weighted by molar-refractivity contribution is 5.96. The third-order valence-electron chi connectivity index (χ3n) is 6.96. The number of piperazine rings is 1. The van der Waals surface area contributed by atoms with Gasteiger partial charge < -0.3 is 24.7 Å². The van der Waals surface area contributed by atoms with Crippen LogP contribution in [0.25, 0.3) is 0 Å². The third kappa shape index (κ3) is 5.46. The van der Waals surface area contributed by atoms with Crippen LogP contribution in [-0.2, 0) is 9.53 Å². The van der Waals surface area contributed by atoms with Gasteiger partial charge in [-0.25, -0.2) is 4.79 Å². The number of fused-ring (bicyclic) bond motifs is 1. The number of hydrogen-bond acceptors (Lipinski definition) is 7. The Labute approximate surface area is 188 Å². The molecule has 1 aliphatic carbocycles. The maximum atomic E-state index is 13.0. The van der Waals surface area contributed by atoms with Crippen LogP contribution in [0.4, 0.5) is 0 Å². The zero-order valence-corrected chi connectivity index (χ0v) is 18.7. The molecular weight excluding hydrogens is 414 g/mol. The highest BCUT2D eigenvalue weighted by atomic mass is 16.5. The van der Waals surface area contributed by atoms with Crippen LogP contribution in [0.5, 0.6) is 0 Å². The predicted octanol–water partition coefficient (Wildman–Crippen LogP) is 0.633. The second-order valence-corrected chi connectivity index (χ2v) is 8.85. The number of aliphatic hydroxyl groups excluding tert-OH is 1. The lowest BCUT2D eigenvalue weighted by atomic mass is 9.77. The minimum absolute atomic E-state index is 0.00135. The molecule has 3 aliphatic rings. The summed E-state index contributed by atoms with van der Waals surface area (Å²) in [5.74, 6) is 0.412. The zero-order valence-electron chi connectivity index (χ0n) is 18.7. The quantitative estimate of drug-likeness (QED) is 0.513. The van der Waals surface area contributed by atoms with Crippen molar-refractivity contribution < 1.29 is 29.3 Å². The Balaban J connectivity index is 0.000000913. The number of methoxy groups -OCH3 is 1. The lowest BCUT2D eigenvalue weighted by Crippen LogP contribution is -2.55. The van der Waals surface area contributed by atoms with E-state index < -0.39 is 5.97 Å². The number of carbonyl (C=O) groups is 3. The number of likely N-dealkylation sites (N-methyl/N-ethyl adjacent to an activating group) is 1. The molecule has 0 aromatic heterocycles. The number of esters is 1. The van der Waals surface area contributed by atoms with Gasteiger partial charge in [0, 0.05) is 50.9 Å². The van der Waals surface area contributed by atoms with Gasteiger partial charge in [-0.3, -0.25) is 14.5 Å². The number of carbonyl (C=O) groups excluding carboxylic acids is 2. The molecule has 1 saturated carbocycles. The molecule has 176 valence electrons. The summed E-state index contributed by atoms with van der Waals surface area (Å²) < 4.78 is 4.71. The number of carboxylic acid groups (broad SMARTS) is 1. The van der Waals surface area contributed by atoms with Crippen LogP contribution in [0, 0.1) is 11.8 Å². The van der Waals surface area contributed by atoms with Crippen LogP contribution < -0.4 is 0 Å². The smallest absolute Gasteiger partial charge is 0.337 e. The van der Waals surface area contributed by atoms with Crippen molar-refractivity contribution in [3.8, 4) is 0 Å². The third-order valence-corrected chi connectivity index (χ3v) is 6.96. The van der Waals surface area contributed by atoms with E-state index in [1.807, 2.05) is 4.90 Å². The lowest BCUT2D eigenvalue weighted by Gasteiger charge is -2.44. The minimum atomic E-state index is -0.403. The molecule has 2 N–H and O–H groups in total. The van der Waals surface area contributed by atoms with Crippen LogP contribution in [0.2, 0.25) is 0 Å². The SMILES string of the molecule is COC(=O)c1ccc(C(=O)N2C[C@H]3C[C@@H](N4CCN(C)CC4)[C@H](O)C[C@H]3C2)cc1.O=CO. The Hall–Kier alpha value is -2.49. The Kier molecular flexibility index (Phi) is 8.22. The van der Waals surface area contributed by atoms with E-state index in [2.05, 4.69) is 16.8 Å². The van der Waals surface area contributed by atoms with Crippen molar-refractivity contribution >= 4 is 18.3 Å². The molecule has 0 unspecified atom stereocenters. The van der Waals surface area contributed by atoms with Crippen molar-refractivity contribution in [1.82, 2.24) is 14.7 Å². The van der Waals surface area contributed by atoms with Crippen molar-refractivity contribution in [3.05, 3.63) is 35.4 Å². The van der Waals surface area contributed by atoms with Gasteiger partial charge in [0.05, 0.1) is 18.8 Å². The molecule has 2 saturated heterocycles. The van der Waals surface area contributed by atoms with E-state index in [0.717, 1.165) is 45.6 Å². The molecule has 0 radical (unpaired) electrons. The molecular formula is C23H33N3O6. The predicted molar refractivity (Wildman–Crippen MR) is 117 cm³/mol.